The highest BCUT2D eigenvalue weighted by atomic mass is 32.2. The molecule has 0 aliphatic carbocycles. The predicted octanol–water partition coefficient (Wildman–Crippen LogP) is 1.95. The summed E-state index contributed by atoms with van der Waals surface area (Å²) in [4.78, 5) is 11.8. The van der Waals surface area contributed by atoms with Gasteiger partial charge in [-0.3, -0.25) is 4.79 Å². The average Bonchev–Trinajstić information content (AvgIpc) is 2.50. The van der Waals surface area contributed by atoms with Crippen LogP contribution in [0.15, 0.2) is 24.3 Å². The molecule has 0 saturated carbocycles. The van der Waals surface area contributed by atoms with Crippen molar-refractivity contribution in [2.75, 3.05) is 32.8 Å². The molecule has 0 saturated heterocycles. The van der Waals surface area contributed by atoms with E-state index in [0.29, 0.717) is 17.3 Å². The Kier molecular flexibility index (Phi) is 7.27. The monoisotopic (exact) mass is 325 g/mol. The minimum absolute atomic E-state index is 0.211. The van der Waals surface area contributed by atoms with Crippen molar-refractivity contribution in [3.63, 3.8) is 0 Å². The van der Waals surface area contributed by atoms with Gasteiger partial charge >= 0.3 is 0 Å². The number of nitrogens with one attached hydrogen (secondary N) is 1. The molecule has 0 aromatic heterocycles. The summed E-state index contributed by atoms with van der Waals surface area (Å²) in [6.07, 6.45) is 5.02. The predicted molar refractivity (Wildman–Crippen MR) is 90.6 cm³/mol. The van der Waals surface area contributed by atoms with Gasteiger partial charge in [0.25, 0.3) is 0 Å². The summed E-state index contributed by atoms with van der Waals surface area (Å²) in [7, 11) is 3.13. The van der Waals surface area contributed by atoms with Crippen LogP contribution in [-0.4, -0.2) is 49.4 Å². The maximum absolute atomic E-state index is 11.8. The first-order valence-electron chi connectivity index (χ1n) is 6.81. The minimum atomic E-state index is -0.910. The molecular formula is C16H23NO4S. The summed E-state index contributed by atoms with van der Waals surface area (Å²) in [5.74, 6) is 1.55. The lowest BCUT2D eigenvalue weighted by Gasteiger charge is -2.21. The lowest BCUT2D eigenvalue weighted by molar-refractivity contribution is -0.117. The van der Waals surface area contributed by atoms with Crippen LogP contribution in [0.2, 0.25) is 0 Å². The van der Waals surface area contributed by atoms with Gasteiger partial charge in [-0.1, -0.05) is 6.07 Å². The minimum Gasteiger partial charge on any atom is -0.493 e. The van der Waals surface area contributed by atoms with Gasteiger partial charge < -0.3 is 19.9 Å². The van der Waals surface area contributed by atoms with Gasteiger partial charge in [0.15, 0.2) is 11.5 Å². The largest absolute Gasteiger partial charge is 0.493 e. The molecule has 1 aromatic rings. The smallest absolute Gasteiger partial charge is 0.244 e. The quantitative estimate of drug-likeness (QED) is 0.715. The molecule has 122 valence electrons. The maximum Gasteiger partial charge on any atom is 0.244 e. The molecule has 0 bridgehead atoms. The van der Waals surface area contributed by atoms with Gasteiger partial charge in [0.2, 0.25) is 5.91 Å². The van der Waals surface area contributed by atoms with Crippen LogP contribution in [0.4, 0.5) is 0 Å². The molecule has 0 aliphatic rings. The van der Waals surface area contributed by atoms with Gasteiger partial charge in [-0.05, 0) is 37.0 Å². The van der Waals surface area contributed by atoms with Crippen LogP contribution in [0, 0.1) is 0 Å². The Balaban J connectivity index is 2.62. The number of rotatable bonds is 8. The molecule has 1 aromatic carbocycles. The second-order valence-electron chi connectivity index (χ2n) is 5.10. The van der Waals surface area contributed by atoms with E-state index in [2.05, 4.69) is 5.32 Å². The number of methoxy groups -OCH3 is 2. The third-order valence-corrected chi connectivity index (χ3v) is 3.84. The first-order valence-corrected chi connectivity index (χ1v) is 8.20. The molecule has 1 unspecified atom stereocenters. The summed E-state index contributed by atoms with van der Waals surface area (Å²) in [6.45, 7) is 1.91. The van der Waals surface area contributed by atoms with Gasteiger partial charge in [0, 0.05) is 18.4 Å². The standard InChI is InChI=1S/C16H23NO4S/c1-16(19,11-22-4)10-17-15(18)8-6-12-5-7-13(20-2)14(9-12)21-3/h5-9,19H,10-11H2,1-4H3,(H,17,18). The first kappa shape index (κ1) is 18.4. The molecule has 1 atom stereocenters. The van der Waals surface area contributed by atoms with Crippen molar-refractivity contribution in [3.05, 3.63) is 29.8 Å². The summed E-state index contributed by atoms with van der Waals surface area (Å²) in [6, 6.07) is 5.39. The van der Waals surface area contributed by atoms with Crippen LogP contribution in [0.25, 0.3) is 6.08 Å². The van der Waals surface area contributed by atoms with Crippen LogP contribution >= 0.6 is 11.8 Å². The molecule has 22 heavy (non-hydrogen) atoms. The SMILES string of the molecule is COc1ccc(C=CC(=O)NCC(C)(O)CSC)cc1OC. The lowest BCUT2D eigenvalue weighted by atomic mass is 10.1. The molecule has 0 heterocycles. The molecule has 6 heteroatoms. The zero-order chi connectivity index (χ0) is 16.6. The summed E-state index contributed by atoms with van der Waals surface area (Å²) >= 11 is 1.53. The highest BCUT2D eigenvalue weighted by Gasteiger charge is 2.19. The van der Waals surface area contributed by atoms with E-state index in [9.17, 15) is 9.90 Å². The molecule has 0 radical (unpaired) electrons. The Morgan fingerprint density at radius 3 is 2.64 bits per heavy atom. The van der Waals surface area contributed by atoms with E-state index in [-0.39, 0.29) is 12.5 Å². The third-order valence-electron chi connectivity index (χ3n) is 2.93. The molecule has 0 spiro atoms. The Bertz CT molecular complexity index is 529. The molecule has 0 fully saturated rings. The van der Waals surface area contributed by atoms with E-state index >= 15 is 0 Å². The van der Waals surface area contributed by atoms with E-state index in [0.717, 1.165) is 5.56 Å². The molecule has 1 rings (SSSR count). The maximum atomic E-state index is 11.8. The van der Waals surface area contributed by atoms with Gasteiger partial charge in [-0.25, -0.2) is 0 Å². The van der Waals surface area contributed by atoms with Crippen LogP contribution in [0.3, 0.4) is 0 Å². The van der Waals surface area contributed by atoms with Crippen LogP contribution < -0.4 is 14.8 Å². The molecule has 5 nitrogen and oxygen atoms in total. The highest BCUT2D eigenvalue weighted by molar-refractivity contribution is 7.98. The van der Waals surface area contributed by atoms with Crippen LogP contribution in [0.5, 0.6) is 11.5 Å². The number of benzene rings is 1. The van der Waals surface area contributed by atoms with Crippen molar-refractivity contribution in [1.29, 1.82) is 0 Å². The van der Waals surface area contributed by atoms with E-state index in [4.69, 9.17) is 9.47 Å². The topological polar surface area (TPSA) is 67.8 Å². The average molecular weight is 325 g/mol. The van der Waals surface area contributed by atoms with Crippen molar-refractivity contribution >= 4 is 23.7 Å². The van der Waals surface area contributed by atoms with Crippen LogP contribution in [-0.2, 0) is 4.79 Å². The van der Waals surface area contributed by atoms with Crippen molar-refractivity contribution in [3.8, 4) is 11.5 Å². The fourth-order valence-corrected chi connectivity index (χ4v) is 2.55. The van der Waals surface area contributed by atoms with Gasteiger partial charge in [-0.15, -0.1) is 0 Å². The number of hydrogen-bond acceptors (Lipinski definition) is 5. The van der Waals surface area contributed by atoms with E-state index < -0.39 is 5.60 Å². The number of ether oxygens (including phenoxy) is 2. The zero-order valence-electron chi connectivity index (χ0n) is 13.4. The number of carbonyl (C=O) groups excluding carboxylic acids is 1. The van der Waals surface area contributed by atoms with Crippen LogP contribution in [0.1, 0.15) is 12.5 Å². The normalized spacial score (nSPS) is 13.7. The zero-order valence-corrected chi connectivity index (χ0v) is 14.2. The fourth-order valence-electron chi connectivity index (χ4n) is 1.83. The Labute approximate surface area is 135 Å². The number of hydrogen-bond donors (Lipinski definition) is 2. The summed E-state index contributed by atoms with van der Waals surface area (Å²) in [5, 5.41) is 12.7. The van der Waals surface area contributed by atoms with Crippen molar-refractivity contribution < 1.29 is 19.4 Å². The Hall–Kier alpha value is -1.66. The van der Waals surface area contributed by atoms with Gasteiger partial charge in [-0.2, -0.15) is 11.8 Å². The molecule has 1 amide bonds. The third kappa shape index (κ3) is 5.99. The second kappa shape index (κ2) is 8.70. The number of aliphatic hydroxyl groups is 1. The summed E-state index contributed by atoms with van der Waals surface area (Å²) < 4.78 is 10.4. The van der Waals surface area contributed by atoms with Crippen molar-refractivity contribution in [1.82, 2.24) is 5.32 Å². The molecule has 0 aliphatic heterocycles. The molecule has 2 N–H and O–H groups in total. The van der Waals surface area contributed by atoms with E-state index in [1.165, 1.54) is 17.8 Å². The van der Waals surface area contributed by atoms with E-state index in [1.54, 1.807) is 39.4 Å². The Morgan fingerprint density at radius 1 is 1.36 bits per heavy atom. The number of carbonyl (C=O) groups is 1. The van der Waals surface area contributed by atoms with E-state index in [1.807, 2.05) is 12.3 Å². The Morgan fingerprint density at radius 2 is 2.05 bits per heavy atom. The molecular weight excluding hydrogens is 302 g/mol. The summed E-state index contributed by atoms with van der Waals surface area (Å²) in [5.41, 5.74) is -0.0876. The number of thioether (sulfide) groups is 1. The van der Waals surface area contributed by atoms with Crippen molar-refractivity contribution in [2.24, 2.45) is 0 Å². The fraction of sp³-hybridized carbons (Fsp3) is 0.438. The number of amides is 1. The highest BCUT2D eigenvalue weighted by Crippen LogP contribution is 2.27. The van der Waals surface area contributed by atoms with Gasteiger partial charge in [0.05, 0.1) is 19.8 Å². The second-order valence-corrected chi connectivity index (χ2v) is 5.96. The van der Waals surface area contributed by atoms with Gasteiger partial charge in [0.1, 0.15) is 0 Å². The lowest BCUT2D eigenvalue weighted by Crippen LogP contribution is -2.41. The first-order chi connectivity index (χ1) is 10.4. The van der Waals surface area contributed by atoms with Crippen molar-refractivity contribution in [2.45, 2.75) is 12.5 Å².